The number of rotatable bonds is 9. The molecule has 2 rings (SSSR count). The van der Waals surface area contributed by atoms with E-state index >= 15 is 0 Å². The number of likely N-dealkylation sites (N-methyl/N-ethyl adjacent to an activating group) is 1. The zero-order valence-corrected chi connectivity index (χ0v) is 16.1. The maximum atomic E-state index is 12.2. The van der Waals surface area contributed by atoms with Crippen LogP contribution in [-0.2, 0) is 16.0 Å². The molecule has 0 aromatic heterocycles. The summed E-state index contributed by atoms with van der Waals surface area (Å²) >= 11 is 0. The molecule has 1 heterocycles. The minimum atomic E-state index is -0.553. The highest BCUT2D eigenvalue weighted by Crippen LogP contribution is 2.12. The fourth-order valence-corrected chi connectivity index (χ4v) is 2.76. The van der Waals surface area contributed by atoms with Crippen LogP contribution >= 0.6 is 0 Å². The largest absolute Gasteiger partial charge is 0.508 e. The second kappa shape index (κ2) is 9.70. The van der Waals surface area contributed by atoms with Crippen molar-refractivity contribution in [1.82, 2.24) is 20.4 Å². The van der Waals surface area contributed by atoms with Crippen LogP contribution in [0.25, 0.3) is 0 Å². The molecule has 0 unspecified atom stereocenters. The van der Waals surface area contributed by atoms with Gasteiger partial charge < -0.3 is 20.6 Å². The van der Waals surface area contributed by atoms with Crippen molar-refractivity contribution in [1.29, 1.82) is 0 Å². The number of amides is 4. The highest BCUT2D eigenvalue weighted by Gasteiger charge is 2.26. The van der Waals surface area contributed by atoms with Gasteiger partial charge in [0, 0.05) is 24.7 Å². The average molecular weight is 386 g/mol. The van der Waals surface area contributed by atoms with Crippen molar-refractivity contribution in [3.63, 3.8) is 0 Å². The molecule has 1 aromatic rings. The number of phenols is 1. The molecule has 150 valence electrons. The van der Waals surface area contributed by atoms with Crippen molar-refractivity contribution in [2.75, 3.05) is 27.2 Å². The molecule has 2 atom stereocenters. The number of urea groups is 1. The molecule has 0 radical (unpaired) electrons. The first kappa shape index (κ1) is 21.2. The van der Waals surface area contributed by atoms with E-state index in [0.29, 0.717) is 13.0 Å². The Morgan fingerprint density at radius 3 is 2.36 bits per heavy atom. The van der Waals surface area contributed by atoms with Crippen LogP contribution in [-0.4, -0.2) is 72.0 Å². The van der Waals surface area contributed by atoms with E-state index in [-0.39, 0.29) is 18.3 Å². The Kier molecular flexibility index (Phi) is 7.34. The fraction of sp³-hybridized carbons (Fsp3) is 0.350. The topological polar surface area (TPSA) is 102 Å². The second-order valence-electron chi connectivity index (χ2n) is 6.80. The highest BCUT2D eigenvalue weighted by molar-refractivity contribution is 6.12. The third-order valence-electron chi connectivity index (χ3n) is 4.52. The molecule has 1 aromatic carbocycles. The van der Waals surface area contributed by atoms with Gasteiger partial charge in [-0.1, -0.05) is 18.2 Å². The Morgan fingerprint density at radius 2 is 1.82 bits per heavy atom. The Balaban J connectivity index is 1.85. The maximum Gasteiger partial charge on any atom is 0.315 e. The van der Waals surface area contributed by atoms with Crippen LogP contribution in [0.15, 0.2) is 49.1 Å². The molecule has 1 aliphatic heterocycles. The minimum absolute atomic E-state index is 0.0339. The van der Waals surface area contributed by atoms with Crippen molar-refractivity contribution in [3.8, 4) is 5.75 Å². The number of imide groups is 1. The first-order valence-corrected chi connectivity index (χ1v) is 8.95. The zero-order chi connectivity index (χ0) is 20.7. The van der Waals surface area contributed by atoms with Gasteiger partial charge in [-0.3, -0.25) is 14.5 Å². The Bertz CT molecular complexity index is 740. The number of hydrogen-bond acceptors (Lipinski definition) is 5. The average Bonchev–Trinajstić information content (AvgIpc) is 2.97. The lowest BCUT2D eigenvalue weighted by Crippen LogP contribution is -2.50. The summed E-state index contributed by atoms with van der Waals surface area (Å²) in [5, 5.41) is 14.9. The third-order valence-corrected chi connectivity index (χ3v) is 4.52. The number of aromatic hydroxyl groups is 1. The van der Waals surface area contributed by atoms with Crippen LogP contribution in [0.2, 0.25) is 0 Å². The van der Waals surface area contributed by atoms with Crippen molar-refractivity contribution in [2.24, 2.45) is 0 Å². The molecular weight excluding hydrogens is 360 g/mol. The summed E-state index contributed by atoms with van der Waals surface area (Å²) in [5.74, 6) is -0.593. The smallest absolute Gasteiger partial charge is 0.315 e. The van der Waals surface area contributed by atoms with Gasteiger partial charge in [0.05, 0.1) is 12.6 Å². The van der Waals surface area contributed by atoms with E-state index in [4.69, 9.17) is 0 Å². The molecule has 0 fully saturated rings. The van der Waals surface area contributed by atoms with Crippen LogP contribution in [0.4, 0.5) is 4.79 Å². The lowest BCUT2D eigenvalue weighted by atomic mass is 10.1. The number of benzene rings is 1. The molecule has 8 nitrogen and oxygen atoms in total. The number of hydrogen-bond donors (Lipinski definition) is 3. The van der Waals surface area contributed by atoms with Gasteiger partial charge in [0.2, 0.25) is 0 Å². The van der Waals surface area contributed by atoms with Crippen molar-refractivity contribution in [3.05, 3.63) is 54.6 Å². The van der Waals surface area contributed by atoms with Crippen LogP contribution in [0.1, 0.15) is 5.56 Å². The van der Waals surface area contributed by atoms with Gasteiger partial charge in [-0.15, -0.1) is 6.58 Å². The molecule has 28 heavy (non-hydrogen) atoms. The van der Waals surface area contributed by atoms with Crippen molar-refractivity contribution in [2.45, 2.75) is 18.5 Å². The molecule has 8 heteroatoms. The number of nitrogens with zero attached hydrogens (tertiary/aromatic N) is 2. The van der Waals surface area contributed by atoms with Gasteiger partial charge in [-0.2, -0.15) is 0 Å². The third kappa shape index (κ3) is 5.95. The molecule has 4 amide bonds. The van der Waals surface area contributed by atoms with Gasteiger partial charge in [-0.05, 0) is 38.2 Å². The maximum absolute atomic E-state index is 12.2. The predicted molar refractivity (Wildman–Crippen MR) is 106 cm³/mol. The van der Waals surface area contributed by atoms with Crippen LogP contribution < -0.4 is 10.6 Å². The molecule has 1 aliphatic rings. The molecule has 0 saturated heterocycles. The Labute approximate surface area is 164 Å². The predicted octanol–water partition coefficient (Wildman–Crippen LogP) is 0.644. The van der Waals surface area contributed by atoms with Crippen molar-refractivity contribution >= 4 is 17.8 Å². The summed E-state index contributed by atoms with van der Waals surface area (Å²) in [4.78, 5) is 38.6. The molecule has 0 bridgehead atoms. The zero-order valence-electron chi connectivity index (χ0n) is 16.1. The lowest BCUT2D eigenvalue weighted by Gasteiger charge is -2.26. The van der Waals surface area contributed by atoms with Gasteiger partial charge in [0.15, 0.2) is 0 Å². The van der Waals surface area contributed by atoms with Crippen LogP contribution in [0.3, 0.4) is 0 Å². The number of nitrogens with one attached hydrogen (secondary N) is 2. The summed E-state index contributed by atoms with van der Waals surface area (Å²) in [6.07, 6.45) is 4.58. The standard InChI is InChI=1S/C20H26N4O4/c1-4-15(13-24-18(26)9-10-19(24)27)22-20(28)21-12-16(23(2)3)11-14-5-7-17(25)8-6-14/h4-10,15-16,25H,1,11-13H2,2-3H3,(H2,21,22,28)/t15-,16+/m1/s1. The normalized spacial score (nSPS) is 15.6. The van der Waals surface area contributed by atoms with Gasteiger partial charge in [0.1, 0.15) is 5.75 Å². The van der Waals surface area contributed by atoms with Crippen LogP contribution in [0, 0.1) is 0 Å². The monoisotopic (exact) mass is 386 g/mol. The summed E-state index contributed by atoms with van der Waals surface area (Å²) in [7, 11) is 3.85. The van der Waals surface area contributed by atoms with Crippen molar-refractivity contribution < 1.29 is 19.5 Å². The SMILES string of the molecule is C=C[C@H](CN1C(=O)C=CC1=O)NC(=O)NC[C@H](Cc1ccc(O)cc1)N(C)C. The summed E-state index contributed by atoms with van der Waals surface area (Å²) in [6, 6.07) is 6.04. The second-order valence-corrected chi connectivity index (χ2v) is 6.80. The van der Waals surface area contributed by atoms with E-state index in [1.807, 2.05) is 31.1 Å². The summed E-state index contributed by atoms with van der Waals surface area (Å²) in [5.41, 5.74) is 1.04. The van der Waals surface area contributed by atoms with E-state index < -0.39 is 23.9 Å². The highest BCUT2D eigenvalue weighted by atomic mass is 16.3. The summed E-state index contributed by atoms with van der Waals surface area (Å²) < 4.78 is 0. The first-order valence-electron chi connectivity index (χ1n) is 8.95. The van der Waals surface area contributed by atoms with Gasteiger partial charge in [-0.25, -0.2) is 4.79 Å². The lowest BCUT2D eigenvalue weighted by molar-refractivity contribution is -0.136. The molecule has 0 aliphatic carbocycles. The minimum Gasteiger partial charge on any atom is -0.508 e. The number of phenolic OH excluding ortho intramolecular Hbond substituents is 1. The Morgan fingerprint density at radius 1 is 1.21 bits per heavy atom. The van der Waals surface area contributed by atoms with E-state index in [1.54, 1.807) is 12.1 Å². The van der Waals surface area contributed by atoms with E-state index in [0.717, 1.165) is 10.5 Å². The quantitative estimate of drug-likeness (QED) is 0.427. The number of carbonyl (C=O) groups excluding carboxylic acids is 3. The Hall–Kier alpha value is -3.13. The number of carbonyl (C=O) groups is 3. The molecule has 0 spiro atoms. The van der Waals surface area contributed by atoms with Gasteiger partial charge in [0.25, 0.3) is 11.8 Å². The molecule has 3 N–H and O–H groups in total. The fourth-order valence-electron chi connectivity index (χ4n) is 2.76. The summed E-state index contributed by atoms with van der Waals surface area (Å²) in [6.45, 7) is 4.08. The molecule has 0 saturated carbocycles. The van der Waals surface area contributed by atoms with E-state index in [1.165, 1.54) is 18.2 Å². The molecular formula is C20H26N4O4. The first-order chi connectivity index (χ1) is 13.3. The van der Waals surface area contributed by atoms with E-state index in [2.05, 4.69) is 17.2 Å². The van der Waals surface area contributed by atoms with Crippen LogP contribution in [0.5, 0.6) is 5.75 Å². The van der Waals surface area contributed by atoms with Gasteiger partial charge >= 0.3 is 6.03 Å². The van der Waals surface area contributed by atoms with E-state index in [9.17, 15) is 19.5 Å².